The van der Waals surface area contributed by atoms with Gasteiger partial charge >= 0.3 is 5.63 Å². The third-order valence-electron chi connectivity index (χ3n) is 5.86. The molecule has 4 atom stereocenters. The fraction of sp³-hybridized carbons (Fsp3) is 0.474. The molecule has 2 aromatic rings. The van der Waals surface area contributed by atoms with Crippen LogP contribution in [0.15, 0.2) is 27.4 Å². The van der Waals surface area contributed by atoms with E-state index < -0.39 is 40.6 Å². The molecule has 7 nitrogen and oxygen atoms in total. The number of carbonyl (C=O) groups is 1. The van der Waals surface area contributed by atoms with E-state index in [0.29, 0.717) is 0 Å². The quantitative estimate of drug-likeness (QED) is 0.661. The topological polar surface area (TPSA) is 117 Å². The molecule has 26 heavy (non-hydrogen) atoms. The molecule has 4 rings (SSSR count). The number of fused-ring (bicyclic) bond motifs is 2. The van der Waals surface area contributed by atoms with Gasteiger partial charge in [-0.15, -0.1) is 0 Å². The molecule has 3 N–H and O–H groups in total. The van der Waals surface area contributed by atoms with E-state index in [0.717, 1.165) is 6.07 Å². The van der Waals surface area contributed by atoms with Crippen LogP contribution < -0.4 is 10.4 Å². The molecule has 2 heterocycles. The number of ketones is 1. The van der Waals surface area contributed by atoms with Crippen LogP contribution in [-0.4, -0.2) is 38.4 Å². The number of phenolic OH excluding ortho intramolecular Hbond substituents is 1. The maximum Gasteiger partial charge on any atom is 0.336 e. The van der Waals surface area contributed by atoms with Gasteiger partial charge in [0.05, 0.1) is 17.1 Å². The highest BCUT2D eigenvalue weighted by atomic mass is 16.5. The van der Waals surface area contributed by atoms with Gasteiger partial charge in [0.15, 0.2) is 5.60 Å². The molecule has 7 heteroatoms. The van der Waals surface area contributed by atoms with Gasteiger partial charge in [-0.3, -0.25) is 4.79 Å². The van der Waals surface area contributed by atoms with Gasteiger partial charge in [0.2, 0.25) is 5.78 Å². The number of aliphatic hydroxyl groups excluding tert-OH is 1. The smallest absolute Gasteiger partial charge is 0.336 e. The van der Waals surface area contributed by atoms with Crippen LogP contribution in [-0.2, 0) is 0 Å². The van der Waals surface area contributed by atoms with E-state index in [9.17, 15) is 24.9 Å². The van der Waals surface area contributed by atoms with Crippen LogP contribution in [0.2, 0.25) is 0 Å². The minimum atomic E-state index is -1.37. The fourth-order valence-corrected chi connectivity index (χ4v) is 4.29. The Balaban J connectivity index is 1.88. The first kappa shape index (κ1) is 17.1. The normalized spacial score (nSPS) is 30.8. The summed E-state index contributed by atoms with van der Waals surface area (Å²) < 4.78 is 11.0. The zero-order valence-electron chi connectivity index (χ0n) is 14.6. The number of carbonyl (C=O) groups excluding carboxylic acids is 1. The van der Waals surface area contributed by atoms with E-state index in [1.54, 1.807) is 20.8 Å². The number of ether oxygens (including phenoxy) is 1. The first-order chi connectivity index (χ1) is 12.1. The second-order valence-electron chi connectivity index (χ2n) is 7.83. The number of hydrogen-bond acceptors (Lipinski definition) is 7. The Morgan fingerprint density at radius 3 is 2.58 bits per heavy atom. The van der Waals surface area contributed by atoms with Gasteiger partial charge in [0, 0.05) is 30.4 Å². The van der Waals surface area contributed by atoms with Crippen LogP contribution in [0.1, 0.15) is 37.6 Å². The highest BCUT2D eigenvalue weighted by molar-refractivity contribution is 6.13. The van der Waals surface area contributed by atoms with Crippen LogP contribution in [0.5, 0.6) is 11.5 Å². The van der Waals surface area contributed by atoms with Crippen LogP contribution in [0.25, 0.3) is 11.0 Å². The molecule has 0 unspecified atom stereocenters. The lowest BCUT2D eigenvalue weighted by Gasteiger charge is -2.28. The lowest BCUT2D eigenvalue weighted by atomic mass is 9.84. The summed E-state index contributed by atoms with van der Waals surface area (Å²) in [7, 11) is 0. The fourth-order valence-electron chi connectivity index (χ4n) is 4.29. The number of aromatic hydroxyl groups is 1. The van der Waals surface area contributed by atoms with Crippen LogP contribution in [0.4, 0.5) is 0 Å². The van der Waals surface area contributed by atoms with Gasteiger partial charge in [0.1, 0.15) is 22.6 Å². The van der Waals surface area contributed by atoms with Crippen molar-refractivity contribution in [3.05, 3.63) is 34.2 Å². The van der Waals surface area contributed by atoms with Gasteiger partial charge in [0.25, 0.3) is 0 Å². The molecule has 1 aliphatic heterocycles. The van der Waals surface area contributed by atoms with Crippen molar-refractivity contribution in [3.8, 4) is 11.5 Å². The Kier molecular flexibility index (Phi) is 3.33. The number of Topliss-reactive ketones (excluding diaryl/α,β-unsaturated/α-hetero) is 1. The molecule has 0 saturated heterocycles. The monoisotopic (exact) mass is 360 g/mol. The van der Waals surface area contributed by atoms with Crippen LogP contribution >= 0.6 is 0 Å². The maximum atomic E-state index is 13.2. The number of phenols is 1. The summed E-state index contributed by atoms with van der Waals surface area (Å²) in [6.45, 7) is 4.86. The number of benzene rings is 1. The molecule has 2 aliphatic rings. The van der Waals surface area contributed by atoms with Crippen molar-refractivity contribution in [2.24, 2.45) is 11.8 Å². The molecular weight excluding hydrogens is 340 g/mol. The third kappa shape index (κ3) is 2.07. The van der Waals surface area contributed by atoms with E-state index in [-0.39, 0.29) is 34.5 Å². The molecule has 138 valence electrons. The standard InChI is InChI=1S/C19H20O7/c1-8-15(21)10(18(2,3)24)7-19(8)17(23)14-12(26-19)6-11-9(16(14)22)4-5-13(20)25-11/h4-6,8,10,15,21-22,24H,7H2,1-3H3/t8-,10-,15-,19+/m0/s1. The number of aliphatic hydroxyl groups is 2. The van der Waals surface area contributed by atoms with Gasteiger partial charge < -0.3 is 24.5 Å². The third-order valence-corrected chi connectivity index (χ3v) is 5.86. The van der Waals surface area contributed by atoms with Gasteiger partial charge in [-0.2, -0.15) is 0 Å². The molecule has 0 radical (unpaired) electrons. The van der Waals surface area contributed by atoms with Crippen molar-refractivity contribution in [2.75, 3.05) is 0 Å². The Labute approximate surface area is 148 Å². The SMILES string of the molecule is C[C@H]1[C@H](O)[C@@H](C(C)(C)O)C[C@@]12Oc1cc3oc(=O)ccc3c(O)c1C2=O. The summed E-state index contributed by atoms with van der Waals surface area (Å²) in [5.41, 5.74) is -3.02. The highest BCUT2D eigenvalue weighted by Crippen LogP contribution is 2.54. The molecule has 1 aromatic heterocycles. The molecular formula is C19H20O7. The molecule has 1 spiro atoms. The predicted octanol–water partition coefficient (Wildman–Crippen LogP) is 1.60. The second-order valence-corrected chi connectivity index (χ2v) is 7.83. The Morgan fingerprint density at radius 1 is 1.27 bits per heavy atom. The van der Waals surface area contributed by atoms with Gasteiger partial charge in [-0.1, -0.05) is 6.92 Å². The predicted molar refractivity (Wildman–Crippen MR) is 91.4 cm³/mol. The van der Waals surface area contributed by atoms with E-state index in [1.807, 2.05) is 0 Å². The van der Waals surface area contributed by atoms with Crippen molar-refractivity contribution in [3.63, 3.8) is 0 Å². The lowest BCUT2D eigenvalue weighted by Crippen LogP contribution is -2.44. The van der Waals surface area contributed by atoms with Gasteiger partial charge in [-0.05, 0) is 19.9 Å². The summed E-state index contributed by atoms with van der Waals surface area (Å²) in [6, 6.07) is 3.97. The Morgan fingerprint density at radius 2 is 1.96 bits per heavy atom. The van der Waals surface area contributed by atoms with Crippen molar-refractivity contribution in [2.45, 2.75) is 44.5 Å². The highest BCUT2D eigenvalue weighted by Gasteiger charge is 2.63. The minimum absolute atomic E-state index is 0.0156. The van der Waals surface area contributed by atoms with E-state index >= 15 is 0 Å². The van der Waals surface area contributed by atoms with E-state index in [4.69, 9.17) is 9.15 Å². The molecule has 0 amide bonds. The Bertz CT molecular complexity index is 984. The summed E-state index contributed by atoms with van der Waals surface area (Å²) >= 11 is 0. The van der Waals surface area contributed by atoms with Crippen LogP contribution in [0.3, 0.4) is 0 Å². The van der Waals surface area contributed by atoms with Crippen molar-refractivity contribution in [1.29, 1.82) is 0 Å². The average molecular weight is 360 g/mol. The minimum Gasteiger partial charge on any atom is -0.506 e. The summed E-state index contributed by atoms with van der Waals surface area (Å²) in [6.07, 6.45) is -0.825. The number of hydrogen-bond donors (Lipinski definition) is 3. The van der Waals surface area contributed by atoms with Gasteiger partial charge in [-0.25, -0.2) is 4.79 Å². The average Bonchev–Trinajstić information content (AvgIpc) is 2.97. The number of rotatable bonds is 1. The molecule has 1 fully saturated rings. The molecule has 1 aliphatic carbocycles. The summed E-state index contributed by atoms with van der Waals surface area (Å²) in [5, 5.41) is 31.8. The van der Waals surface area contributed by atoms with Crippen molar-refractivity contribution in [1.82, 2.24) is 0 Å². The molecule has 0 bridgehead atoms. The first-order valence-corrected chi connectivity index (χ1v) is 8.50. The van der Waals surface area contributed by atoms with E-state index in [1.165, 1.54) is 12.1 Å². The lowest BCUT2D eigenvalue weighted by molar-refractivity contribution is -0.0406. The summed E-state index contributed by atoms with van der Waals surface area (Å²) in [5.74, 6) is -1.78. The second kappa shape index (κ2) is 5.08. The zero-order valence-corrected chi connectivity index (χ0v) is 14.6. The maximum absolute atomic E-state index is 13.2. The van der Waals surface area contributed by atoms with Crippen molar-refractivity contribution < 1.29 is 29.3 Å². The summed E-state index contributed by atoms with van der Waals surface area (Å²) in [4.78, 5) is 24.7. The van der Waals surface area contributed by atoms with Crippen LogP contribution in [0, 0.1) is 11.8 Å². The molecule has 1 saturated carbocycles. The van der Waals surface area contributed by atoms with E-state index in [2.05, 4.69) is 0 Å². The first-order valence-electron chi connectivity index (χ1n) is 8.50. The Hall–Kier alpha value is -2.38. The van der Waals surface area contributed by atoms with Crippen molar-refractivity contribution >= 4 is 16.8 Å². The largest absolute Gasteiger partial charge is 0.506 e. The zero-order chi connectivity index (χ0) is 19.0. The molecule has 1 aromatic carbocycles.